The van der Waals surface area contributed by atoms with Crippen molar-refractivity contribution in [2.24, 2.45) is 0 Å². The molecule has 0 bridgehead atoms. The summed E-state index contributed by atoms with van der Waals surface area (Å²) in [5.74, 6) is 0. The lowest BCUT2D eigenvalue weighted by Crippen LogP contribution is -2.49. The molecule has 1 aromatic heterocycles. The van der Waals surface area contributed by atoms with E-state index in [0.29, 0.717) is 0 Å². The van der Waals surface area contributed by atoms with Gasteiger partial charge in [0.15, 0.2) is 0 Å². The van der Waals surface area contributed by atoms with E-state index >= 15 is 0 Å². The maximum atomic E-state index is 12.4. The molecule has 5 nitrogen and oxygen atoms in total. The van der Waals surface area contributed by atoms with Crippen LogP contribution in [0.4, 0.5) is 0 Å². The molecule has 1 saturated heterocycles. The fourth-order valence-corrected chi connectivity index (χ4v) is 5.38. The molecule has 118 valence electrons. The molecule has 0 aromatic carbocycles. The third-order valence-corrected chi connectivity index (χ3v) is 7.63. The number of hydrogen-bond donors (Lipinski definition) is 0. The van der Waals surface area contributed by atoms with Crippen molar-refractivity contribution in [3.63, 3.8) is 0 Å². The van der Waals surface area contributed by atoms with E-state index in [9.17, 15) is 8.42 Å². The quantitative estimate of drug-likeness (QED) is 0.827. The zero-order valence-electron chi connectivity index (χ0n) is 12.7. The van der Waals surface area contributed by atoms with Crippen LogP contribution in [-0.2, 0) is 16.6 Å². The lowest BCUT2D eigenvalue weighted by molar-refractivity contribution is 0.152. The molecular formula is C14H23N3O2S2. The molecule has 1 atom stereocenters. The van der Waals surface area contributed by atoms with Gasteiger partial charge in [-0.25, -0.2) is 17.7 Å². The summed E-state index contributed by atoms with van der Waals surface area (Å²) in [4.78, 5) is 6.84. The smallest absolute Gasteiger partial charge is 0.217 e. The second-order valence-electron chi connectivity index (χ2n) is 6.15. The average Bonchev–Trinajstić information content (AvgIpc) is 3.24. The molecule has 2 fully saturated rings. The van der Waals surface area contributed by atoms with E-state index in [4.69, 9.17) is 0 Å². The number of likely N-dealkylation sites (N-methyl/N-ethyl adjacent to an activating group) is 1. The van der Waals surface area contributed by atoms with Crippen molar-refractivity contribution in [3.05, 3.63) is 16.1 Å². The second kappa shape index (κ2) is 5.95. The summed E-state index contributed by atoms with van der Waals surface area (Å²) in [6, 6.07) is 0.115. The van der Waals surface area contributed by atoms with Crippen LogP contribution in [-0.4, -0.2) is 54.0 Å². The highest BCUT2D eigenvalue weighted by Crippen LogP contribution is 2.32. The van der Waals surface area contributed by atoms with Crippen LogP contribution < -0.4 is 0 Å². The lowest BCUT2D eigenvalue weighted by Gasteiger charge is -2.36. The molecule has 7 heteroatoms. The minimum absolute atomic E-state index is 0.112. The van der Waals surface area contributed by atoms with Gasteiger partial charge in [-0.3, -0.25) is 4.90 Å². The number of aryl methyl sites for hydroxylation is 1. The summed E-state index contributed by atoms with van der Waals surface area (Å²) in [5.41, 5.74) is 1.10. The fraction of sp³-hybridized carbons (Fsp3) is 0.786. The first-order valence-electron chi connectivity index (χ1n) is 7.57. The van der Waals surface area contributed by atoms with Crippen molar-refractivity contribution in [1.29, 1.82) is 0 Å². The van der Waals surface area contributed by atoms with E-state index in [-0.39, 0.29) is 11.3 Å². The van der Waals surface area contributed by atoms with E-state index in [1.54, 1.807) is 22.7 Å². The minimum Gasteiger partial charge on any atom is -0.296 e. The van der Waals surface area contributed by atoms with Crippen molar-refractivity contribution in [1.82, 2.24) is 14.2 Å². The van der Waals surface area contributed by atoms with Crippen LogP contribution in [0, 0.1) is 6.92 Å². The van der Waals surface area contributed by atoms with Crippen molar-refractivity contribution >= 4 is 21.4 Å². The Labute approximate surface area is 131 Å². The largest absolute Gasteiger partial charge is 0.296 e. The van der Waals surface area contributed by atoms with Gasteiger partial charge in [-0.15, -0.1) is 11.3 Å². The van der Waals surface area contributed by atoms with Crippen LogP contribution in [0.1, 0.15) is 36.4 Å². The highest BCUT2D eigenvalue weighted by molar-refractivity contribution is 7.90. The Morgan fingerprint density at radius 1 is 1.43 bits per heavy atom. The Morgan fingerprint density at radius 3 is 2.81 bits per heavy atom. The second-order valence-corrected chi connectivity index (χ2v) is 9.48. The van der Waals surface area contributed by atoms with E-state index in [2.05, 4.69) is 15.3 Å². The lowest BCUT2D eigenvalue weighted by atomic mass is 10.1. The number of aromatic nitrogens is 1. The molecule has 1 aliphatic heterocycles. The summed E-state index contributed by atoms with van der Waals surface area (Å²) in [6.45, 7) is 4.70. The van der Waals surface area contributed by atoms with E-state index in [0.717, 1.165) is 56.0 Å². The Bertz CT molecular complexity index is 595. The van der Waals surface area contributed by atoms with Gasteiger partial charge in [-0.1, -0.05) is 0 Å². The summed E-state index contributed by atoms with van der Waals surface area (Å²) in [6.07, 6.45) is 3.69. The number of likely N-dealkylation sites (tertiary alicyclic amines) is 1. The van der Waals surface area contributed by atoms with Crippen molar-refractivity contribution in [2.45, 2.75) is 50.4 Å². The first-order chi connectivity index (χ1) is 9.96. The average molecular weight is 329 g/mol. The van der Waals surface area contributed by atoms with Gasteiger partial charge in [0.25, 0.3) is 0 Å². The summed E-state index contributed by atoms with van der Waals surface area (Å²) < 4.78 is 26.4. The highest BCUT2D eigenvalue weighted by atomic mass is 32.2. The van der Waals surface area contributed by atoms with E-state index in [1.165, 1.54) is 0 Å². The van der Waals surface area contributed by atoms with E-state index in [1.807, 2.05) is 6.92 Å². The highest BCUT2D eigenvalue weighted by Gasteiger charge is 2.41. The summed E-state index contributed by atoms with van der Waals surface area (Å²) >= 11 is 1.67. The molecule has 0 spiro atoms. The maximum Gasteiger partial charge on any atom is 0.217 e. The zero-order valence-corrected chi connectivity index (χ0v) is 14.3. The third-order valence-electron chi connectivity index (χ3n) is 4.39. The Hall–Kier alpha value is -0.500. The number of nitrogens with zero attached hydrogens (tertiary/aromatic N) is 3. The Kier molecular flexibility index (Phi) is 4.36. The fourth-order valence-electron chi connectivity index (χ4n) is 2.99. The normalized spacial score (nSPS) is 24.6. The predicted octanol–water partition coefficient (Wildman–Crippen LogP) is 1.84. The molecule has 1 aliphatic carbocycles. The standard InChI is InChI=1S/C14H23N3O2S2/c1-11-15-12(10-20-11)8-17-7-3-4-13(9-17)16(2)21(18,19)14-5-6-14/h10,13-14H,3-9H2,1-2H3. The van der Waals surface area contributed by atoms with Crippen molar-refractivity contribution in [3.8, 4) is 0 Å². The van der Waals surface area contributed by atoms with Gasteiger partial charge in [0.1, 0.15) is 0 Å². The number of piperidine rings is 1. The Balaban J connectivity index is 1.62. The molecule has 0 radical (unpaired) electrons. The predicted molar refractivity (Wildman–Crippen MR) is 84.9 cm³/mol. The van der Waals surface area contributed by atoms with Gasteiger partial charge in [-0.05, 0) is 39.2 Å². The number of thiazole rings is 1. The molecule has 2 aliphatic rings. The van der Waals surface area contributed by atoms with Crippen LogP contribution in [0.15, 0.2) is 5.38 Å². The van der Waals surface area contributed by atoms with Crippen LogP contribution in [0.5, 0.6) is 0 Å². The molecule has 0 amide bonds. The van der Waals surface area contributed by atoms with Crippen molar-refractivity contribution < 1.29 is 8.42 Å². The summed E-state index contributed by atoms with van der Waals surface area (Å²) in [5, 5.41) is 3.08. The van der Waals surface area contributed by atoms with Gasteiger partial charge in [0, 0.05) is 31.6 Å². The summed E-state index contributed by atoms with van der Waals surface area (Å²) in [7, 11) is -1.31. The zero-order chi connectivity index (χ0) is 15.0. The number of sulfonamides is 1. The molecule has 2 heterocycles. The van der Waals surface area contributed by atoms with Gasteiger partial charge in [-0.2, -0.15) is 0 Å². The topological polar surface area (TPSA) is 53.5 Å². The van der Waals surface area contributed by atoms with Crippen LogP contribution in [0.2, 0.25) is 0 Å². The minimum atomic E-state index is -3.06. The molecule has 3 rings (SSSR count). The molecule has 21 heavy (non-hydrogen) atoms. The van der Waals surface area contributed by atoms with Gasteiger partial charge in [0.2, 0.25) is 10.0 Å². The monoisotopic (exact) mass is 329 g/mol. The molecule has 0 N–H and O–H groups in total. The maximum absolute atomic E-state index is 12.4. The third kappa shape index (κ3) is 3.47. The molecule has 1 unspecified atom stereocenters. The number of hydrogen-bond acceptors (Lipinski definition) is 5. The van der Waals surface area contributed by atoms with Crippen LogP contribution in [0.3, 0.4) is 0 Å². The SMILES string of the molecule is Cc1nc(CN2CCCC(N(C)S(=O)(=O)C3CC3)C2)cs1. The van der Waals surface area contributed by atoms with Crippen LogP contribution >= 0.6 is 11.3 Å². The van der Waals surface area contributed by atoms with Gasteiger partial charge >= 0.3 is 0 Å². The molecular weight excluding hydrogens is 306 g/mol. The van der Waals surface area contributed by atoms with E-state index < -0.39 is 10.0 Å². The first kappa shape index (κ1) is 15.4. The van der Waals surface area contributed by atoms with Gasteiger partial charge in [0.05, 0.1) is 16.0 Å². The number of rotatable bonds is 5. The molecule has 1 saturated carbocycles. The first-order valence-corrected chi connectivity index (χ1v) is 9.95. The Morgan fingerprint density at radius 2 is 2.19 bits per heavy atom. The van der Waals surface area contributed by atoms with Crippen LogP contribution in [0.25, 0.3) is 0 Å². The van der Waals surface area contributed by atoms with Gasteiger partial charge < -0.3 is 0 Å². The molecule has 1 aromatic rings. The van der Waals surface area contributed by atoms with Crippen molar-refractivity contribution in [2.75, 3.05) is 20.1 Å².